The van der Waals surface area contributed by atoms with Gasteiger partial charge in [0.05, 0.1) is 5.69 Å². The van der Waals surface area contributed by atoms with E-state index < -0.39 is 5.67 Å². The highest BCUT2D eigenvalue weighted by Gasteiger charge is 2.21. The molecule has 2 aromatic heterocycles. The summed E-state index contributed by atoms with van der Waals surface area (Å²) in [5.41, 5.74) is 0.906. The Kier molecular flexibility index (Phi) is 5.44. The fraction of sp³-hybridized carbons (Fsp3) is 0.150. The van der Waals surface area contributed by atoms with Gasteiger partial charge >= 0.3 is 0 Å². The summed E-state index contributed by atoms with van der Waals surface area (Å²) in [5, 5.41) is 3.65. The van der Waals surface area contributed by atoms with Crippen molar-refractivity contribution in [1.82, 2.24) is 9.97 Å². The maximum Gasteiger partial charge on any atom is 0.255 e. The van der Waals surface area contributed by atoms with Crippen molar-refractivity contribution in [2.75, 3.05) is 5.32 Å². The second kappa shape index (κ2) is 7.62. The minimum Gasteiger partial charge on any atom is -0.322 e. The highest BCUT2D eigenvalue weighted by Crippen LogP contribution is 2.31. The van der Waals surface area contributed by atoms with Crippen molar-refractivity contribution in [2.24, 2.45) is 0 Å². The van der Waals surface area contributed by atoms with Crippen molar-refractivity contribution in [3.05, 3.63) is 76.3 Å². The summed E-state index contributed by atoms with van der Waals surface area (Å²) in [5.74, 6) is -0.371. The molecule has 0 fully saturated rings. The lowest BCUT2D eigenvalue weighted by Crippen LogP contribution is -2.16. The van der Waals surface area contributed by atoms with Gasteiger partial charge in [0.1, 0.15) is 10.8 Å². The zero-order chi connectivity index (χ0) is 19.6. The summed E-state index contributed by atoms with van der Waals surface area (Å²) in [7, 11) is 0. The van der Waals surface area contributed by atoms with Crippen molar-refractivity contribution in [1.29, 1.82) is 0 Å². The van der Waals surface area contributed by atoms with Crippen LogP contribution < -0.4 is 5.32 Å². The van der Waals surface area contributed by atoms with Gasteiger partial charge in [0.25, 0.3) is 5.91 Å². The molecular weight excluding hydrogens is 388 g/mol. The lowest BCUT2D eigenvalue weighted by Gasteiger charge is -2.14. The SMILES string of the molecule is CC(C)(F)c1cc(C(=O)Nc2ccc(Cl)c(-c3ccnc(Cl)c3)c2)ccn1. The van der Waals surface area contributed by atoms with Crippen LogP contribution in [-0.2, 0) is 5.67 Å². The van der Waals surface area contributed by atoms with Gasteiger partial charge in [0.2, 0.25) is 0 Å². The molecule has 0 aliphatic rings. The monoisotopic (exact) mass is 403 g/mol. The first-order chi connectivity index (χ1) is 12.7. The van der Waals surface area contributed by atoms with Crippen LogP contribution in [0.1, 0.15) is 29.9 Å². The molecule has 0 atom stereocenters. The molecule has 0 radical (unpaired) electrons. The van der Waals surface area contributed by atoms with E-state index >= 15 is 0 Å². The first kappa shape index (κ1) is 19.3. The highest BCUT2D eigenvalue weighted by molar-refractivity contribution is 6.33. The summed E-state index contributed by atoms with van der Waals surface area (Å²) in [6, 6.07) is 11.5. The van der Waals surface area contributed by atoms with E-state index in [2.05, 4.69) is 15.3 Å². The number of nitrogens with one attached hydrogen (secondary N) is 1. The third-order valence-corrected chi connectivity index (χ3v) is 4.43. The quantitative estimate of drug-likeness (QED) is 0.551. The number of anilines is 1. The Labute approximate surface area is 166 Å². The highest BCUT2D eigenvalue weighted by atomic mass is 35.5. The molecule has 0 bridgehead atoms. The van der Waals surface area contributed by atoms with Crippen LogP contribution in [0.3, 0.4) is 0 Å². The molecule has 1 amide bonds. The van der Waals surface area contributed by atoms with Crippen LogP contribution in [0.5, 0.6) is 0 Å². The molecule has 0 aliphatic carbocycles. The topological polar surface area (TPSA) is 54.9 Å². The molecule has 3 rings (SSSR count). The standard InChI is InChI=1S/C20H16Cl2FN3O/c1-20(2,23)17-9-13(6-7-24-17)19(27)26-14-3-4-16(21)15(11-14)12-5-8-25-18(22)10-12/h3-11H,1-2H3,(H,26,27). The second-order valence-corrected chi connectivity index (χ2v) is 7.21. The number of hydrogen-bond donors (Lipinski definition) is 1. The molecular formula is C20H16Cl2FN3O. The van der Waals surface area contributed by atoms with E-state index in [-0.39, 0.29) is 11.6 Å². The van der Waals surface area contributed by atoms with Gasteiger partial charge in [0.15, 0.2) is 0 Å². The van der Waals surface area contributed by atoms with Gasteiger partial charge in [-0.25, -0.2) is 9.37 Å². The fourth-order valence-electron chi connectivity index (χ4n) is 2.49. The summed E-state index contributed by atoms with van der Waals surface area (Å²) < 4.78 is 14.1. The normalized spacial score (nSPS) is 11.3. The first-order valence-corrected chi connectivity index (χ1v) is 8.88. The van der Waals surface area contributed by atoms with E-state index in [4.69, 9.17) is 23.2 Å². The molecule has 1 aromatic carbocycles. The van der Waals surface area contributed by atoms with Gasteiger partial charge in [-0.3, -0.25) is 9.78 Å². The summed E-state index contributed by atoms with van der Waals surface area (Å²) in [4.78, 5) is 20.5. The van der Waals surface area contributed by atoms with E-state index in [0.717, 1.165) is 5.56 Å². The average Bonchev–Trinajstić information content (AvgIpc) is 2.62. The largest absolute Gasteiger partial charge is 0.322 e. The van der Waals surface area contributed by atoms with Gasteiger partial charge in [-0.2, -0.15) is 0 Å². The number of amides is 1. The maximum atomic E-state index is 14.1. The number of halogens is 3. The van der Waals surface area contributed by atoms with Crippen molar-refractivity contribution in [2.45, 2.75) is 19.5 Å². The molecule has 0 unspecified atom stereocenters. The molecule has 4 nitrogen and oxygen atoms in total. The molecule has 3 aromatic rings. The zero-order valence-electron chi connectivity index (χ0n) is 14.6. The van der Waals surface area contributed by atoms with E-state index in [1.165, 1.54) is 32.2 Å². The van der Waals surface area contributed by atoms with Gasteiger partial charge in [-0.1, -0.05) is 23.2 Å². The Morgan fingerprint density at radius 1 is 1.04 bits per heavy atom. The van der Waals surface area contributed by atoms with E-state index in [0.29, 0.717) is 27.0 Å². The molecule has 0 saturated heterocycles. The van der Waals surface area contributed by atoms with Crippen molar-refractivity contribution in [3.63, 3.8) is 0 Å². The number of hydrogen-bond acceptors (Lipinski definition) is 3. The minimum absolute atomic E-state index is 0.193. The van der Waals surface area contributed by atoms with Crippen LogP contribution in [0.4, 0.5) is 10.1 Å². The van der Waals surface area contributed by atoms with Gasteiger partial charge in [-0.15, -0.1) is 0 Å². The van der Waals surface area contributed by atoms with Crippen LogP contribution in [0.15, 0.2) is 54.9 Å². The average molecular weight is 404 g/mol. The molecule has 27 heavy (non-hydrogen) atoms. The third kappa shape index (κ3) is 4.62. The smallest absolute Gasteiger partial charge is 0.255 e. The van der Waals surface area contributed by atoms with E-state index in [1.807, 2.05) is 0 Å². The molecule has 0 spiro atoms. The van der Waals surface area contributed by atoms with Gasteiger partial charge in [0, 0.05) is 34.2 Å². The van der Waals surface area contributed by atoms with Crippen molar-refractivity contribution >= 4 is 34.8 Å². The van der Waals surface area contributed by atoms with Crippen LogP contribution in [0.2, 0.25) is 10.2 Å². The Balaban J connectivity index is 1.88. The molecule has 2 heterocycles. The van der Waals surface area contributed by atoms with Crippen LogP contribution in [-0.4, -0.2) is 15.9 Å². The lowest BCUT2D eigenvalue weighted by atomic mass is 10.0. The molecule has 0 saturated carbocycles. The molecule has 138 valence electrons. The Morgan fingerprint density at radius 3 is 2.48 bits per heavy atom. The minimum atomic E-state index is -1.63. The Morgan fingerprint density at radius 2 is 1.78 bits per heavy atom. The predicted molar refractivity (Wildman–Crippen MR) is 106 cm³/mol. The number of carbonyl (C=O) groups is 1. The molecule has 7 heteroatoms. The van der Waals surface area contributed by atoms with Crippen molar-refractivity contribution in [3.8, 4) is 11.1 Å². The third-order valence-electron chi connectivity index (χ3n) is 3.89. The molecule has 0 aliphatic heterocycles. The fourth-order valence-corrected chi connectivity index (χ4v) is 2.89. The Bertz CT molecular complexity index is 1000. The summed E-state index contributed by atoms with van der Waals surface area (Å²) in [6.45, 7) is 2.78. The number of pyridine rings is 2. The number of rotatable bonds is 4. The Hall–Kier alpha value is -2.50. The number of alkyl halides is 1. The number of benzene rings is 1. The van der Waals surface area contributed by atoms with Crippen LogP contribution in [0.25, 0.3) is 11.1 Å². The first-order valence-electron chi connectivity index (χ1n) is 8.12. The summed E-state index contributed by atoms with van der Waals surface area (Å²) >= 11 is 12.2. The van der Waals surface area contributed by atoms with E-state index in [1.54, 1.807) is 36.5 Å². The maximum absolute atomic E-state index is 14.1. The van der Waals surface area contributed by atoms with Gasteiger partial charge in [-0.05, 0) is 61.9 Å². The summed E-state index contributed by atoms with van der Waals surface area (Å²) in [6.07, 6.45) is 2.99. The predicted octanol–water partition coefficient (Wildman–Crippen LogP) is 5.91. The van der Waals surface area contributed by atoms with Crippen LogP contribution in [0, 0.1) is 0 Å². The molecule has 1 N–H and O–H groups in total. The zero-order valence-corrected chi connectivity index (χ0v) is 16.1. The van der Waals surface area contributed by atoms with E-state index in [9.17, 15) is 9.18 Å². The number of aromatic nitrogens is 2. The van der Waals surface area contributed by atoms with Crippen molar-refractivity contribution < 1.29 is 9.18 Å². The lowest BCUT2D eigenvalue weighted by molar-refractivity contribution is 0.102. The number of nitrogens with zero attached hydrogens (tertiary/aromatic N) is 2. The second-order valence-electron chi connectivity index (χ2n) is 6.42. The van der Waals surface area contributed by atoms with Crippen LogP contribution >= 0.6 is 23.2 Å². The van der Waals surface area contributed by atoms with Gasteiger partial charge < -0.3 is 5.32 Å². The number of carbonyl (C=O) groups excluding carboxylic acids is 1.